The summed E-state index contributed by atoms with van der Waals surface area (Å²) in [6.07, 6.45) is 13.1. The quantitative estimate of drug-likeness (QED) is 0.238. The van der Waals surface area contributed by atoms with Crippen LogP contribution in [0.4, 0.5) is 5.82 Å². The van der Waals surface area contributed by atoms with Gasteiger partial charge < -0.3 is 10.3 Å². The number of nitrogens with zero attached hydrogens (tertiary/aromatic N) is 7. The van der Waals surface area contributed by atoms with Crippen molar-refractivity contribution < 1.29 is 4.52 Å². The van der Waals surface area contributed by atoms with Gasteiger partial charge in [-0.15, -0.1) is 0 Å². The summed E-state index contributed by atoms with van der Waals surface area (Å²) in [5.74, 6) is 2.98. The van der Waals surface area contributed by atoms with Crippen molar-refractivity contribution in [1.29, 1.82) is 0 Å². The van der Waals surface area contributed by atoms with E-state index >= 15 is 0 Å². The van der Waals surface area contributed by atoms with Crippen LogP contribution >= 0.6 is 11.8 Å². The molecule has 0 amide bonds. The third-order valence-corrected chi connectivity index (χ3v) is 7.06. The Morgan fingerprint density at radius 2 is 1.84 bits per heavy atom. The van der Waals surface area contributed by atoms with E-state index in [1.165, 1.54) is 32.0 Å². The molecule has 0 bridgehead atoms. The second kappa shape index (κ2) is 12.0. The van der Waals surface area contributed by atoms with Gasteiger partial charge in [0, 0.05) is 35.2 Å². The van der Waals surface area contributed by atoms with Gasteiger partial charge in [-0.05, 0) is 39.9 Å². The summed E-state index contributed by atoms with van der Waals surface area (Å²) < 4.78 is 7.68. The summed E-state index contributed by atoms with van der Waals surface area (Å²) in [4.78, 5) is 18.1. The van der Waals surface area contributed by atoms with Gasteiger partial charge in [-0.25, -0.2) is 24.6 Å². The summed E-state index contributed by atoms with van der Waals surface area (Å²) in [5.41, 5.74) is 11.0. The fourth-order valence-electron chi connectivity index (χ4n) is 4.24. The summed E-state index contributed by atoms with van der Waals surface area (Å²) in [5, 5.41) is 9.92. The fraction of sp³-hybridized carbons (Fsp3) is 0.556. The summed E-state index contributed by atoms with van der Waals surface area (Å²) in [6, 6.07) is 0.0909. The minimum absolute atomic E-state index is 0.0909. The van der Waals surface area contributed by atoms with Gasteiger partial charge >= 0.3 is 0 Å². The second-order valence-electron chi connectivity index (χ2n) is 9.83. The molecule has 0 aliphatic heterocycles. The molecule has 0 unspecified atom stereocenters. The molecule has 4 aromatic rings. The normalized spacial score (nSPS) is 13.3. The highest BCUT2D eigenvalue weighted by molar-refractivity contribution is 7.97. The van der Waals surface area contributed by atoms with Gasteiger partial charge in [-0.3, -0.25) is 0 Å². The maximum atomic E-state index is 6.26. The molecule has 0 spiro atoms. The van der Waals surface area contributed by atoms with Gasteiger partial charge in [0.15, 0.2) is 17.2 Å². The van der Waals surface area contributed by atoms with Crippen LogP contribution in [0.3, 0.4) is 0 Å². The minimum atomic E-state index is 0.0909. The number of hydrogen-bond acceptors (Lipinski definition) is 9. The Kier molecular flexibility index (Phi) is 8.79. The van der Waals surface area contributed by atoms with Crippen LogP contribution in [0.15, 0.2) is 17.0 Å². The van der Waals surface area contributed by atoms with Crippen LogP contribution in [0.5, 0.6) is 0 Å². The first kappa shape index (κ1) is 27.0. The third-order valence-electron chi connectivity index (χ3n) is 6.46. The molecular formula is C27H38N8OS. The van der Waals surface area contributed by atoms with E-state index in [2.05, 4.69) is 40.2 Å². The highest BCUT2D eigenvalue weighted by atomic mass is 32.2. The number of unbranched alkanes of at least 4 members (excludes halogenated alkanes) is 3. The van der Waals surface area contributed by atoms with Crippen molar-refractivity contribution in [2.75, 3.05) is 12.0 Å². The number of nitrogen functional groups attached to an aromatic ring is 1. The van der Waals surface area contributed by atoms with Crippen LogP contribution in [0.25, 0.3) is 33.8 Å². The molecule has 4 aromatic heterocycles. The first-order chi connectivity index (χ1) is 17.9. The topological polar surface area (TPSA) is 121 Å². The molecule has 9 nitrogen and oxygen atoms in total. The third kappa shape index (κ3) is 5.79. The van der Waals surface area contributed by atoms with Gasteiger partial charge in [0.25, 0.3) is 0 Å². The minimum Gasteiger partial charge on any atom is -0.383 e. The molecule has 5 rings (SSSR count). The molecule has 0 aromatic carbocycles. The zero-order chi connectivity index (χ0) is 26.5. The number of rotatable bonds is 9. The number of nitrogens with two attached hydrogens (primary N) is 1. The lowest BCUT2D eigenvalue weighted by Gasteiger charge is -2.07. The summed E-state index contributed by atoms with van der Waals surface area (Å²) >= 11 is 1.75. The van der Waals surface area contributed by atoms with E-state index in [4.69, 9.17) is 20.3 Å². The number of aryl methyl sites for hydroxylation is 1. The molecule has 37 heavy (non-hydrogen) atoms. The van der Waals surface area contributed by atoms with Crippen molar-refractivity contribution in [3.05, 3.63) is 29.5 Å². The van der Waals surface area contributed by atoms with Gasteiger partial charge in [-0.2, -0.15) is 16.9 Å². The van der Waals surface area contributed by atoms with Crippen LogP contribution in [0, 0.1) is 6.92 Å². The van der Waals surface area contributed by atoms with E-state index in [-0.39, 0.29) is 6.04 Å². The lowest BCUT2D eigenvalue weighted by atomic mass is 10.1. The molecule has 1 saturated carbocycles. The van der Waals surface area contributed by atoms with Gasteiger partial charge in [0.1, 0.15) is 23.5 Å². The van der Waals surface area contributed by atoms with Crippen molar-refractivity contribution in [2.45, 2.75) is 90.9 Å². The monoisotopic (exact) mass is 522 g/mol. The molecule has 1 aliphatic carbocycles. The highest BCUT2D eigenvalue weighted by Gasteiger charge is 2.36. The predicted octanol–water partition coefficient (Wildman–Crippen LogP) is 6.74. The van der Waals surface area contributed by atoms with Gasteiger partial charge in [-0.1, -0.05) is 44.7 Å². The fourth-order valence-corrected chi connectivity index (χ4v) is 4.83. The molecule has 2 N–H and O–H groups in total. The Bertz CT molecular complexity index is 1340. The zero-order valence-corrected chi connectivity index (χ0v) is 23.6. The van der Waals surface area contributed by atoms with Crippen LogP contribution < -0.4 is 5.73 Å². The van der Waals surface area contributed by atoms with Crippen molar-refractivity contribution in [3.8, 4) is 22.8 Å². The van der Waals surface area contributed by atoms with Crippen molar-refractivity contribution in [3.63, 3.8) is 0 Å². The van der Waals surface area contributed by atoms with Crippen LogP contribution in [0.2, 0.25) is 0 Å². The van der Waals surface area contributed by atoms with E-state index in [9.17, 15) is 0 Å². The van der Waals surface area contributed by atoms with Crippen molar-refractivity contribution >= 4 is 28.6 Å². The number of thioether (sulfide) groups is 1. The summed E-state index contributed by atoms with van der Waals surface area (Å²) in [6.45, 7) is 10.6. The number of anilines is 1. The van der Waals surface area contributed by atoms with E-state index in [1.807, 2.05) is 31.6 Å². The van der Waals surface area contributed by atoms with Crippen molar-refractivity contribution in [2.24, 2.45) is 0 Å². The van der Waals surface area contributed by atoms with Crippen LogP contribution in [0.1, 0.15) is 95.2 Å². The lowest BCUT2D eigenvalue weighted by molar-refractivity contribution is 0.386. The number of hydrogen-bond donors (Lipinski definition) is 1. The van der Waals surface area contributed by atoms with Gasteiger partial charge in [0.2, 0.25) is 0 Å². The lowest BCUT2D eigenvalue weighted by Crippen LogP contribution is -2.04. The van der Waals surface area contributed by atoms with E-state index < -0.39 is 0 Å². The van der Waals surface area contributed by atoms with Crippen LogP contribution in [-0.4, -0.2) is 41.1 Å². The van der Waals surface area contributed by atoms with E-state index in [0.717, 1.165) is 41.2 Å². The molecule has 0 atom stereocenters. The smallest absolute Gasteiger partial charge is 0.165 e. The van der Waals surface area contributed by atoms with Gasteiger partial charge in [0.05, 0.1) is 10.9 Å². The van der Waals surface area contributed by atoms with Crippen molar-refractivity contribution in [1.82, 2.24) is 34.9 Å². The molecule has 1 fully saturated rings. The molecule has 198 valence electrons. The Labute approximate surface area is 223 Å². The second-order valence-corrected chi connectivity index (χ2v) is 10.7. The molecule has 1 aliphatic rings. The molecular weight excluding hydrogens is 484 g/mol. The maximum Gasteiger partial charge on any atom is 0.165 e. The van der Waals surface area contributed by atoms with E-state index in [1.54, 1.807) is 11.8 Å². The average molecular weight is 523 g/mol. The SMILES string of the molecule is CCCCCC.CSCc1cnc(-c2c(-c3nn(C(C)C)c4ncnc(N)c34)noc2C2CC2)nc1C. The first-order valence-corrected chi connectivity index (χ1v) is 14.6. The van der Waals surface area contributed by atoms with E-state index in [0.29, 0.717) is 40.0 Å². The predicted molar refractivity (Wildman–Crippen MR) is 150 cm³/mol. The Hall–Kier alpha value is -3.01. The van der Waals surface area contributed by atoms with Crippen LogP contribution in [-0.2, 0) is 5.75 Å². The molecule has 0 radical (unpaired) electrons. The number of aromatic nitrogens is 7. The highest BCUT2D eigenvalue weighted by Crippen LogP contribution is 2.47. The Morgan fingerprint density at radius 1 is 1.11 bits per heavy atom. The Balaban J connectivity index is 0.000000480. The molecule has 0 saturated heterocycles. The zero-order valence-electron chi connectivity index (χ0n) is 22.8. The summed E-state index contributed by atoms with van der Waals surface area (Å²) in [7, 11) is 0. The largest absolute Gasteiger partial charge is 0.383 e. The standard InChI is InChI=1S/C21H24N8OS.C6H14/c1-10(2)29-21-15(19(22)24-9-25-21)16(27-29)17-14(18(30-28-17)12-5-6-12)20-23-7-13(8-31-4)11(3)26-20;1-3-5-6-4-2/h7,9-10,12H,5-6,8H2,1-4H3,(H2,22,24,25);3-6H2,1-2H3. The molecule has 4 heterocycles. The Morgan fingerprint density at radius 3 is 2.43 bits per heavy atom. The first-order valence-electron chi connectivity index (χ1n) is 13.2. The number of fused-ring (bicyclic) bond motifs is 1. The molecule has 10 heteroatoms. The average Bonchev–Trinajstić information content (AvgIpc) is 3.50. The maximum absolute atomic E-state index is 6.26.